The topological polar surface area (TPSA) is 29.9 Å². The maximum atomic E-state index is 12.7. The molecule has 0 aliphatic heterocycles. The average Bonchev–Trinajstić information content (AvgIpc) is 2.84. The SMILES string of the molecule is C[C@H](NCc1nccn1C(F)F)c1cccc(Br)c1. The molecule has 0 unspecified atom stereocenters. The fraction of sp³-hybridized carbons (Fsp3) is 0.308. The molecule has 0 saturated heterocycles. The number of aromatic nitrogens is 2. The van der Waals surface area contributed by atoms with Gasteiger partial charge in [0.05, 0.1) is 6.54 Å². The molecule has 1 aromatic heterocycles. The van der Waals surface area contributed by atoms with E-state index in [0.717, 1.165) is 14.6 Å². The van der Waals surface area contributed by atoms with E-state index in [1.165, 1.54) is 12.4 Å². The third kappa shape index (κ3) is 3.61. The largest absolute Gasteiger partial charge is 0.319 e. The van der Waals surface area contributed by atoms with Crippen LogP contribution in [0.5, 0.6) is 0 Å². The van der Waals surface area contributed by atoms with Crippen LogP contribution in [0.1, 0.15) is 30.9 Å². The summed E-state index contributed by atoms with van der Waals surface area (Å²) in [5.74, 6) is 0.330. The molecular weight excluding hydrogens is 316 g/mol. The van der Waals surface area contributed by atoms with Crippen LogP contribution in [0.2, 0.25) is 0 Å². The van der Waals surface area contributed by atoms with Gasteiger partial charge in [-0.15, -0.1) is 0 Å². The summed E-state index contributed by atoms with van der Waals surface area (Å²) in [6, 6.07) is 7.93. The number of hydrogen-bond acceptors (Lipinski definition) is 2. The molecule has 1 atom stereocenters. The number of benzene rings is 1. The molecule has 1 aromatic carbocycles. The van der Waals surface area contributed by atoms with Crippen LogP contribution in [-0.4, -0.2) is 9.55 Å². The molecule has 102 valence electrons. The van der Waals surface area contributed by atoms with Gasteiger partial charge in [-0.25, -0.2) is 4.98 Å². The summed E-state index contributed by atoms with van der Waals surface area (Å²) in [6.07, 6.45) is 2.67. The smallest absolute Gasteiger partial charge is 0.303 e. The first-order valence-corrected chi connectivity index (χ1v) is 6.66. The Hall–Kier alpha value is -1.27. The zero-order chi connectivity index (χ0) is 13.8. The highest BCUT2D eigenvalue weighted by molar-refractivity contribution is 9.10. The molecule has 0 aliphatic carbocycles. The van der Waals surface area contributed by atoms with Crippen molar-refractivity contribution >= 4 is 15.9 Å². The molecule has 2 aromatic rings. The first-order chi connectivity index (χ1) is 9.08. The van der Waals surface area contributed by atoms with Crippen molar-refractivity contribution in [1.82, 2.24) is 14.9 Å². The molecule has 0 saturated carbocycles. The fourth-order valence-corrected chi connectivity index (χ4v) is 2.21. The molecular formula is C13H14BrF2N3. The average molecular weight is 330 g/mol. The van der Waals surface area contributed by atoms with Gasteiger partial charge in [-0.05, 0) is 24.6 Å². The van der Waals surface area contributed by atoms with Crippen LogP contribution in [0, 0.1) is 0 Å². The van der Waals surface area contributed by atoms with Crippen molar-refractivity contribution in [2.24, 2.45) is 0 Å². The van der Waals surface area contributed by atoms with Crippen LogP contribution in [0.15, 0.2) is 41.1 Å². The molecule has 3 nitrogen and oxygen atoms in total. The van der Waals surface area contributed by atoms with Crippen LogP contribution in [-0.2, 0) is 6.54 Å². The van der Waals surface area contributed by atoms with Crippen molar-refractivity contribution < 1.29 is 8.78 Å². The van der Waals surface area contributed by atoms with Crippen LogP contribution in [0.3, 0.4) is 0 Å². The lowest BCUT2D eigenvalue weighted by Crippen LogP contribution is -2.21. The molecule has 2 rings (SSSR count). The van der Waals surface area contributed by atoms with Gasteiger partial charge in [0.15, 0.2) is 0 Å². The summed E-state index contributed by atoms with van der Waals surface area (Å²) >= 11 is 3.41. The van der Waals surface area contributed by atoms with E-state index in [9.17, 15) is 8.78 Å². The van der Waals surface area contributed by atoms with E-state index < -0.39 is 6.55 Å². The third-order valence-corrected chi connectivity index (χ3v) is 3.37. The summed E-state index contributed by atoms with van der Waals surface area (Å²) in [5.41, 5.74) is 1.09. The molecule has 6 heteroatoms. The summed E-state index contributed by atoms with van der Waals surface area (Å²) in [7, 11) is 0. The molecule has 0 aliphatic rings. The second-order valence-corrected chi connectivity index (χ2v) is 5.10. The quantitative estimate of drug-likeness (QED) is 0.901. The molecule has 0 spiro atoms. The third-order valence-electron chi connectivity index (χ3n) is 2.87. The van der Waals surface area contributed by atoms with E-state index in [2.05, 4.69) is 26.2 Å². The van der Waals surface area contributed by atoms with E-state index in [1.54, 1.807) is 0 Å². The molecule has 1 N–H and O–H groups in total. The highest BCUT2D eigenvalue weighted by atomic mass is 79.9. The molecule has 0 amide bonds. The molecule has 0 radical (unpaired) electrons. The minimum Gasteiger partial charge on any atom is -0.303 e. The minimum atomic E-state index is -2.56. The van der Waals surface area contributed by atoms with Crippen LogP contribution in [0.4, 0.5) is 8.78 Å². The Labute approximate surface area is 118 Å². The van der Waals surface area contributed by atoms with Gasteiger partial charge < -0.3 is 5.32 Å². The number of rotatable bonds is 5. The van der Waals surface area contributed by atoms with Gasteiger partial charge in [-0.2, -0.15) is 8.78 Å². The van der Waals surface area contributed by atoms with Gasteiger partial charge in [0.1, 0.15) is 5.82 Å². The maximum absolute atomic E-state index is 12.7. The zero-order valence-corrected chi connectivity index (χ0v) is 11.9. The lowest BCUT2D eigenvalue weighted by atomic mass is 10.1. The highest BCUT2D eigenvalue weighted by Crippen LogP contribution is 2.18. The van der Waals surface area contributed by atoms with Crippen molar-refractivity contribution in [2.45, 2.75) is 26.1 Å². The Kier molecular flexibility index (Phi) is 4.66. The number of halogens is 3. The summed E-state index contributed by atoms with van der Waals surface area (Å²) in [4.78, 5) is 3.93. The number of nitrogens with one attached hydrogen (secondary N) is 1. The monoisotopic (exact) mass is 329 g/mol. The van der Waals surface area contributed by atoms with Gasteiger partial charge in [0.2, 0.25) is 0 Å². The van der Waals surface area contributed by atoms with Crippen LogP contribution < -0.4 is 5.32 Å². The number of alkyl halides is 2. The van der Waals surface area contributed by atoms with Gasteiger partial charge in [-0.3, -0.25) is 4.57 Å². The Bertz CT molecular complexity index is 542. The van der Waals surface area contributed by atoms with Gasteiger partial charge in [0.25, 0.3) is 0 Å². The molecule has 19 heavy (non-hydrogen) atoms. The lowest BCUT2D eigenvalue weighted by Gasteiger charge is -2.15. The molecule has 1 heterocycles. The van der Waals surface area contributed by atoms with Gasteiger partial charge in [-0.1, -0.05) is 28.1 Å². The first kappa shape index (κ1) is 14.1. The van der Waals surface area contributed by atoms with Crippen LogP contribution in [0.25, 0.3) is 0 Å². The van der Waals surface area contributed by atoms with Crippen molar-refractivity contribution in [3.05, 3.63) is 52.5 Å². The Morgan fingerprint density at radius 2 is 2.21 bits per heavy atom. The summed E-state index contributed by atoms with van der Waals surface area (Å²) in [6.45, 7) is -0.275. The van der Waals surface area contributed by atoms with E-state index >= 15 is 0 Å². The number of imidazole rings is 1. The van der Waals surface area contributed by atoms with Gasteiger partial charge in [0, 0.05) is 22.9 Å². The van der Waals surface area contributed by atoms with E-state index in [-0.39, 0.29) is 6.04 Å². The van der Waals surface area contributed by atoms with Crippen molar-refractivity contribution in [3.63, 3.8) is 0 Å². The first-order valence-electron chi connectivity index (χ1n) is 5.86. The van der Waals surface area contributed by atoms with Crippen molar-refractivity contribution in [1.29, 1.82) is 0 Å². The maximum Gasteiger partial charge on any atom is 0.319 e. The Morgan fingerprint density at radius 3 is 2.89 bits per heavy atom. The minimum absolute atomic E-state index is 0.0559. The van der Waals surface area contributed by atoms with Crippen molar-refractivity contribution in [3.8, 4) is 0 Å². The second-order valence-electron chi connectivity index (χ2n) is 4.19. The number of nitrogens with zero attached hydrogens (tertiary/aromatic N) is 2. The predicted molar refractivity (Wildman–Crippen MR) is 72.9 cm³/mol. The second kappa shape index (κ2) is 6.25. The van der Waals surface area contributed by atoms with Crippen LogP contribution >= 0.6 is 15.9 Å². The summed E-state index contributed by atoms with van der Waals surface area (Å²) in [5, 5.41) is 3.19. The van der Waals surface area contributed by atoms with E-state index in [1.807, 2.05) is 31.2 Å². The predicted octanol–water partition coefficient (Wildman–Crippen LogP) is 3.89. The fourth-order valence-electron chi connectivity index (χ4n) is 1.80. The standard InChI is InChI=1S/C13H14BrF2N3/c1-9(10-3-2-4-11(14)7-10)18-8-12-17-5-6-19(12)13(15)16/h2-7,9,13,18H,8H2,1H3/t9-/m0/s1. The Balaban J connectivity index is 2.00. The summed E-state index contributed by atoms with van der Waals surface area (Å²) < 4.78 is 27.2. The van der Waals surface area contributed by atoms with Crippen molar-refractivity contribution in [2.75, 3.05) is 0 Å². The van der Waals surface area contributed by atoms with E-state index in [0.29, 0.717) is 12.4 Å². The molecule has 0 fully saturated rings. The Morgan fingerprint density at radius 1 is 1.42 bits per heavy atom. The zero-order valence-electron chi connectivity index (χ0n) is 10.4. The van der Waals surface area contributed by atoms with Gasteiger partial charge >= 0.3 is 6.55 Å². The lowest BCUT2D eigenvalue weighted by molar-refractivity contribution is 0.0665. The number of hydrogen-bond donors (Lipinski definition) is 1. The van der Waals surface area contributed by atoms with E-state index in [4.69, 9.17) is 0 Å². The normalized spacial score (nSPS) is 12.9. The molecule has 0 bridgehead atoms. The highest BCUT2D eigenvalue weighted by Gasteiger charge is 2.12.